The molecule has 0 saturated carbocycles. The summed E-state index contributed by atoms with van der Waals surface area (Å²) in [6.45, 7) is -0.0556. The molecule has 0 N–H and O–H groups in total. The van der Waals surface area contributed by atoms with Gasteiger partial charge in [-0.2, -0.15) is 26.3 Å². The minimum absolute atomic E-state index is 0.0556. The van der Waals surface area contributed by atoms with Crippen LogP contribution >= 0.6 is 0 Å². The zero-order chi connectivity index (χ0) is 15.0. The maximum atomic E-state index is 12.6. The molecule has 1 heterocycles. The average Bonchev–Trinajstić information content (AvgIpc) is 2.74. The van der Waals surface area contributed by atoms with Crippen molar-refractivity contribution >= 4 is 0 Å². The first kappa shape index (κ1) is 14.5. The van der Waals surface area contributed by atoms with E-state index in [1.165, 1.54) is 0 Å². The third kappa shape index (κ3) is 3.15. The fourth-order valence-corrected chi connectivity index (χ4v) is 1.85. The Hall–Kier alpha value is -1.92. The van der Waals surface area contributed by atoms with Crippen molar-refractivity contribution in [3.8, 4) is 0 Å². The van der Waals surface area contributed by atoms with Gasteiger partial charge < -0.3 is 4.57 Å². The van der Waals surface area contributed by atoms with Crippen LogP contribution in [0.5, 0.6) is 0 Å². The third-order valence-corrected chi connectivity index (χ3v) is 2.70. The van der Waals surface area contributed by atoms with Gasteiger partial charge >= 0.3 is 12.4 Å². The quantitative estimate of drug-likeness (QED) is 0.715. The minimum Gasteiger partial charge on any atom is -0.349 e. The molecule has 0 fully saturated rings. The smallest absolute Gasteiger partial charge is 0.349 e. The highest BCUT2D eigenvalue weighted by Crippen LogP contribution is 2.40. The average molecular weight is 293 g/mol. The third-order valence-electron chi connectivity index (χ3n) is 2.70. The number of nitrogens with zero attached hydrogens (tertiary/aromatic N) is 1. The number of rotatable bonds is 2. The van der Waals surface area contributed by atoms with Crippen molar-refractivity contribution in [3.63, 3.8) is 0 Å². The molecule has 0 amide bonds. The predicted octanol–water partition coefficient (Wildman–Crippen LogP) is 4.57. The number of hydrogen-bond donors (Lipinski definition) is 0. The summed E-state index contributed by atoms with van der Waals surface area (Å²) in [4.78, 5) is 0. The molecule has 0 saturated heterocycles. The van der Waals surface area contributed by atoms with E-state index in [4.69, 9.17) is 0 Å². The van der Waals surface area contributed by atoms with E-state index >= 15 is 0 Å². The summed E-state index contributed by atoms with van der Waals surface area (Å²) in [6.07, 6.45) is -9.11. The Morgan fingerprint density at radius 1 is 0.750 bits per heavy atom. The molecule has 1 aromatic carbocycles. The van der Waals surface area contributed by atoms with E-state index in [9.17, 15) is 26.3 Å². The van der Waals surface area contributed by atoms with E-state index in [0.29, 0.717) is 18.0 Å². The van der Waals surface area contributed by atoms with Gasteiger partial charge in [0.25, 0.3) is 0 Å². The number of hydrogen-bond acceptors (Lipinski definition) is 0. The molecule has 0 aliphatic carbocycles. The van der Waals surface area contributed by atoms with Crippen molar-refractivity contribution in [2.45, 2.75) is 18.9 Å². The van der Waals surface area contributed by atoms with Crippen LogP contribution in [0.4, 0.5) is 26.3 Å². The fraction of sp³-hybridized carbons (Fsp3) is 0.231. The second-order valence-electron chi connectivity index (χ2n) is 4.24. The fourth-order valence-electron chi connectivity index (χ4n) is 1.85. The Labute approximate surface area is 110 Å². The van der Waals surface area contributed by atoms with Crippen LogP contribution in [0, 0.1) is 0 Å². The topological polar surface area (TPSA) is 4.93 Å². The highest BCUT2D eigenvalue weighted by atomic mass is 19.4. The van der Waals surface area contributed by atoms with Crippen molar-refractivity contribution < 1.29 is 26.3 Å². The van der Waals surface area contributed by atoms with E-state index in [0.717, 1.165) is 4.57 Å². The van der Waals surface area contributed by atoms with Gasteiger partial charge in [-0.15, -0.1) is 0 Å². The molecule has 0 unspecified atom stereocenters. The first-order chi connectivity index (χ1) is 9.18. The lowest BCUT2D eigenvalue weighted by Gasteiger charge is -2.09. The molecule has 1 aromatic heterocycles. The van der Waals surface area contributed by atoms with Gasteiger partial charge in [0.15, 0.2) is 0 Å². The summed E-state index contributed by atoms with van der Waals surface area (Å²) in [6, 6.07) is 8.28. The Bertz CT molecular complexity index is 548. The van der Waals surface area contributed by atoms with E-state index in [1.807, 2.05) is 0 Å². The van der Waals surface area contributed by atoms with Gasteiger partial charge in [0.05, 0.1) is 11.1 Å². The highest BCUT2D eigenvalue weighted by Gasteiger charge is 2.44. The standard InChI is InChI=1S/C13H9F6N/c14-12(15,16)10-7-20(8-11(10)13(17,18)19)6-9-4-2-1-3-5-9/h1-5,7-8H,6H2. The molecule has 108 valence electrons. The van der Waals surface area contributed by atoms with Crippen molar-refractivity contribution in [1.82, 2.24) is 4.57 Å². The molecule has 0 aliphatic rings. The molecule has 0 atom stereocenters. The minimum atomic E-state index is -5.03. The maximum Gasteiger partial charge on any atom is 0.418 e. The molecular formula is C13H9F6N. The SMILES string of the molecule is FC(F)(F)c1cn(Cc2ccccc2)cc1C(F)(F)F. The van der Waals surface area contributed by atoms with Crippen LogP contribution in [0.3, 0.4) is 0 Å². The van der Waals surface area contributed by atoms with Crippen LogP contribution in [-0.2, 0) is 18.9 Å². The van der Waals surface area contributed by atoms with Crippen LogP contribution in [-0.4, -0.2) is 4.57 Å². The molecule has 0 spiro atoms. The van der Waals surface area contributed by atoms with Crippen LogP contribution in [0.25, 0.3) is 0 Å². The summed E-state index contributed by atoms with van der Waals surface area (Å²) in [5.41, 5.74) is -2.72. The van der Waals surface area contributed by atoms with Crippen molar-refractivity contribution in [2.75, 3.05) is 0 Å². The van der Waals surface area contributed by atoms with Crippen LogP contribution < -0.4 is 0 Å². The number of benzene rings is 1. The first-order valence-corrected chi connectivity index (χ1v) is 5.56. The molecule has 2 aromatic rings. The molecule has 1 nitrogen and oxygen atoms in total. The molecule has 0 radical (unpaired) electrons. The second-order valence-corrected chi connectivity index (χ2v) is 4.24. The van der Waals surface area contributed by atoms with Crippen molar-refractivity contribution in [1.29, 1.82) is 0 Å². The van der Waals surface area contributed by atoms with Gasteiger partial charge in [0, 0.05) is 18.9 Å². The van der Waals surface area contributed by atoms with E-state index < -0.39 is 23.5 Å². The lowest BCUT2D eigenvalue weighted by atomic mass is 10.2. The lowest BCUT2D eigenvalue weighted by molar-refractivity contribution is -0.161. The maximum absolute atomic E-state index is 12.6. The summed E-state index contributed by atoms with van der Waals surface area (Å²) in [5, 5.41) is 0. The Morgan fingerprint density at radius 3 is 1.60 bits per heavy atom. The number of alkyl halides is 6. The van der Waals surface area contributed by atoms with Gasteiger partial charge in [0.1, 0.15) is 0 Å². The van der Waals surface area contributed by atoms with E-state index in [1.54, 1.807) is 30.3 Å². The summed E-state index contributed by atoms with van der Waals surface area (Å²) >= 11 is 0. The first-order valence-electron chi connectivity index (χ1n) is 5.56. The highest BCUT2D eigenvalue weighted by molar-refractivity contribution is 5.31. The summed E-state index contributed by atoms with van der Waals surface area (Å²) < 4.78 is 76.6. The van der Waals surface area contributed by atoms with E-state index in [2.05, 4.69) is 0 Å². The molecule has 2 rings (SSSR count). The predicted molar refractivity (Wildman–Crippen MR) is 60.0 cm³/mol. The lowest BCUT2D eigenvalue weighted by Crippen LogP contribution is -2.13. The van der Waals surface area contributed by atoms with Crippen molar-refractivity contribution in [2.24, 2.45) is 0 Å². The molecule has 0 bridgehead atoms. The largest absolute Gasteiger partial charge is 0.418 e. The zero-order valence-electron chi connectivity index (χ0n) is 9.96. The summed E-state index contributed by atoms with van der Waals surface area (Å²) in [7, 11) is 0. The summed E-state index contributed by atoms with van der Waals surface area (Å²) in [5.74, 6) is 0. The second kappa shape index (κ2) is 4.88. The Kier molecular flexibility index (Phi) is 3.54. The molecular weight excluding hydrogens is 284 g/mol. The Morgan fingerprint density at radius 2 is 1.20 bits per heavy atom. The number of aromatic nitrogens is 1. The number of halogens is 6. The van der Waals surface area contributed by atoms with Crippen LogP contribution in [0.2, 0.25) is 0 Å². The molecule has 7 heteroatoms. The molecule has 20 heavy (non-hydrogen) atoms. The van der Waals surface area contributed by atoms with Crippen LogP contribution in [0.1, 0.15) is 16.7 Å². The van der Waals surface area contributed by atoms with Crippen LogP contribution in [0.15, 0.2) is 42.7 Å². The van der Waals surface area contributed by atoms with Gasteiger partial charge in [0.2, 0.25) is 0 Å². The van der Waals surface area contributed by atoms with Crippen molar-refractivity contribution in [3.05, 3.63) is 59.4 Å². The zero-order valence-corrected chi connectivity index (χ0v) is 9.96. The monoisotopic (exact) mass is 293 g/mol. The normalized spacial score (nSPS) is 12.7. The van der Waals surface area contributed by atoms with E-state index in [-0.39, 0.29) is 6.54 Å². The van der Waals surface area contributed by atoms with Gasteiger partial charge in [-0.3, -0.25) is 0 Å². The molecule has 0 aliphatic heterocycles. The van der Waals surface area contributed by atoms with Gasteiger partial charge in [-0.25, -0.2) is 0 Å². The Balaban J connectivity index is 2.40. The van der Waals surface area contributed by atoms with Gasteiger partial charge in [-0.05, 0) is 5.56 Å². The van der Waals surface area contributed by atoms with Gasteiger partial charge in [-0.1, -0.05) is 30.3 Å².